The van der Waals surface area contributed by atoms with Crippen LogP contribution < -0.4 is 10.1 Å². The molecule has 0 radical (unpaired) electrons. The van der Waals surface area contributed by atoms with Crippen LogP contribution in [-0.2, 0) is 16.2 Å². The highest BCUT2D eigenvalue weighted by molar-refractivity contribution is 8.18. The van der Waals surface area contributed by atoms with E-state index >= 15 is 0 Å². The van der Waals surface area contributed by atoms with E-state index in [1.165, 1.54) is 0 Å². The molecule has 1 saturated heterocycles. The molecule has 0 aliphatic carbocycles. The third kappa shape index (κ3) is 5.50. The van der Waals surface area contributed by atoms with Gasteiger partial charge in [0.15, 0.2) is 0 Å². The lowest BCUT2D eigenvalue weighted by atomic mass is 10.1. The van der Waals surface area contributed by atoms with Crippen LogP contribution in [0.25, 0.3) is 6.08 Å². The molecule has 0 spiro atoms. The fraction of sp³-hybridized carbons (Fsp3) is 0.115. The van der Waals surface area contributed by atoms with Crippen molar-refractivity contribution in [2.75, 3.05) is 11.9 Å². The van der Waals surface area contributed by atoms with E-state index in [0.29, 0.717) is 22.0 Å². The second-order valence-electron chi connectivity index (χ2n) is 7.55. The Bertz CT molecular complexity index is 1290. The van der Waals surface area contributed by atoms with E-state index in [0.717, 1.165) is 27.8 Å². The zero-order valence-electron chi connectivity index (χ0n) is 18.3. The van der Waals surface area contributed by atoms with Gasteiger partial charge in [-0.1, -0.05) is 66.2 Å². The van der Waals surface area contributed by atoms with Crippen LogP contribution in [0.2, 0.25) is 5.02 Å². The van der Waals surface area contributed by atoms with Gasteiger partial charge in [0.25, 0.3) is 11.1 Å². The molecule has 172 valence electrons. The summed E-state index contributed by atoms with van der Waals surface area (Å²) in [6, 6.07) is 21.9. The summed E-state index contributed by atoms with van der Waals surface area (Å²) in [5, 5.41) is 2.85. The first-order valence-electron chi connectivity index (χ1n) is 10.5. The third-order valence-electron chi connectivity index (χ3n) is 5.14. The standard InChI is InChI=1S/C26H21ClN2O4S/c1-17-8-2-6-12-21(17)28-24(30)15-29-25(31)23(34-26(29)32)14-18-9-4-7-13-22(18)33-16-19-10-3-5-11-20(19)27/h2-14H,15-16H2,1H3,(H,28,30)/b23-14+. The van der Waals surface area contributed by atoms with Gasteiger partial charge in [-0.05, 0) is 48.5 Å². The molecule has 0 saturated carbocycles. The molecule has 8 heteroatoms. The van der Waals surface area contributed by atoms with Gasteiger partial charge < -0.3 is 10.1 Å². The van der Waals surface area contributed by atoms with Gasteiger partial charge in [0.2, 0.25) is 5.91 Å². The number of amides is 3. The molecule has 1 aliphatic heterocycles. The summed E-state index contributed by atoms with van der Waals surface area (Å²) in [7, 11) is 0. The van der Waals surface area contributed by atoms with Gasteiger partial charge in [0.05, 0.1) is 4.91 Å². The lowest BCUT2D eigenvalue weighted by Gasteiger charge is -2.13. The Balaban J connectivity index is 1.46. The number of carbonyl (C=O) groups excluding carboxylic acids is 3. The van der Waals surface area contributed by atoms with E-state index in [-0.39, 0.29) is 18.1 Å². The number of rotatable bonds is 7. The first-order valence-corrected chi connectivity index (χ1v) is 11.7. The van der Waals surface area contributed by atoms with E-state index in [1.54, 1.807) is 36.4 Å². The van der Waals surface area contributed by atoms with E-state index in [9.17, 15) is 14.4 Å². The van der Waals surface area contributed by atoms with Crippen LogP contribution in [0, 0.1) is 6.92 Å². The Morgan fingerprint density at radius 2 is 1.74 bits per heavy atom. The van der Waals surface area contributed by atoms with Crippen LogP contribution in [0.1, 0.15) is 16.7 Å². The van der Waals surface area contributed by atoms with Crippen LogP contribution in [0.15, 0.2) is 77.7 Å². The molecule has 34 heavy (non-hydrogen) atoms. The van der Waals surface area contributed by atoms with Gasteiger partial charge in [0, 0.05) is 21.8 Å². The zero-order chi connectivity index (χ0) is 24.1. The van der Waals surface area contributed by atoms with Gasteiger partial charge in [0.1, 0.15) is 18.9 Å². The van der Waals surface area contributed by atoms with Crippen molar-refractivity contribution in [3.8, 4) is 5.75 Å². The molecule has 1 fully saturated rings. The molecule has 0 atom stereocenters. The number of thioether (sulfide) groups is 1. The fourth-order valence-electron chi connectivity index (χ4n) is 3.33. The molecule has 6 nitrogen and oxygen atoms in total. The van der Waals surface area contributed by atoms with Crippen molar-refractivity contribution >= 4 is 52.2 Å². The third-order valence-corrected chi connectivity index (χ3v) is 6.42. The number of nitrogens with one attached hydrogen (secondary N) is 1. The van der Waals surface area contributed by atoms with Crippen molar-refractivity contribution < 1.29 is 19.1 Å². The number of carbonyl (C=O) groups is 3. The summed E-state index contributed by atoms with van der Waals surface area (Å²) >= 11 is 7.00. The first-order chi connectivity index (χ1) is 16.4. The number of halogens is 1. The molecule has 1 N–H and O–H groups in total. The van der Waals surface area contributed by atoms with Crippen molar-refractivity contribution in [1.82, 2.24) is 4.90 Å². The van der Waals surface area contributed by atoms with Gasteiger partial charge in [-0.15, -0.1) is 0 Å². The Kier molecular flexibility index (Phi) is 7.35. The predicted octanol–water partition coefficient (Wildman–Crippen LogP) is 5.90. The van der Waals surface area contributed by atoms with Crippen LogP contribution in [0.5, 0.6) is 5.75 Å². The van der Waals surface area contributed by atoms with Crippen molar-refractivity contribution in [2.24, 2.45) is 0 Å². The SMILES string of the molecule is Cc1ccccc1NC(=O)CN1C(=O)S/C(=C/c2ccccc2OCc2ccccc2Cl)C1=O. The number of ether oxygens (including phenoxy) is 1. The largest absolute Gasteiger partial charge is 0.488 e. The second-order valence-corrected chi connectivity index (χ2v) is 8.95. The summed E-state index contributed by atoms with van der Waals surface area (Å²) < 4.78 is 5.93. The average molecular weight is 493 g/mol. The summed E-state index contributed by atoms with van der Waals surface area (Å²) in [5.74, 6) is -0.413. The molecule has 4 rings (SSSR count). The average Bonchev–Trinajstić information content (AvgIpc) is 3.08. The molecule has 0 unspecified atom stereocenters. The normalized spacial score (nSPS) is 14.5. The molecule has 3 amide bonds. The molecule has 3 aromatic carbocycles. The molecule has 0 bridgehead atoms. The maximum Gasteiger partial charge on any atom is 0.294 e. The molecular formula is C26H21ClN2O4S. The molecular weight excluding hydrogens is 472 g/mol. The van der Waals surface area contributed by atoms with Gasteiger partial charge in [-0.2, -0.15) is 0 Å². The van der Waals surface area contributed by atoms with E-state index < -0.39 is 17.1 Å². The number of nitrogens with zero attached hydrogens (tertiary/aromatic N) is 1. The van der Waals surface area contributed by atoms with E-state index in [1.807, 2.05) is 49.4 Å². The van der Waals surface area contributed by atoms with Crippen LogP contribution in [-0.4, -0.2) is 28.5 Å². The number of para-hydroxylation sites is 2. The number of hydrogen-bond donors (Lipinski definition) is 1. The van der Waals surface area contributed by atoms with Crippen LogP contribution >= 0.6 is 23.4 Å². The lowest BCUT2D eigenvalue weighted by Crippen LogP contribution is -2.36. The summed E-state index contributed by atoms with van der Waals surface area (Å²) in [6.07, 6.45) is 1.60. The van der Waals surface area contributed by atoms with Gasteiger partial charge >= 0.3 is 0 Å². The predicted molar refractivity (Wildman–Crippen MR) is 135 cm³/mol. The number of imide groups is 1. The lowest BCUT2D eigenvalue weighted by molar-refractivity contribution is -0.127. The maximum absolute atomic E-state index is 12.9. The summed E-state index contributed by atoms with van der Waals surface area (Å²) in [5.41, 5.74) is 3.00. The Morgan fingerprint density at radius 3 is 2.53 bits per heavy atom. The van der Waals surface area contributed by atoms with Gasteiger partial charge in [-0.3, -0.25) is 19.3 Å². The Labute approximate surface area is 206 Å². The first kappa shape index (κ1) is 23.6. The number of hydrogen-bond acceptors (Lipinski definition) is 5. The van der Waals surface area contributed by atoms with Crippen molar-refractivity contribution in [2.45, 2.75) is 13.5 Å². The molecule has 0 aromatic heterocycles. The fourth-order valence-corrected chi connectivity index (χ4v) is 4.35. The van der Waals surface area contributed by atoms with Crippen molar-refractivity contribution in [3.63, 3.8) is 0 Å². The topological polar surface area (TPSA) is 75.7 Å². The Morgan fingerprint density at radius 1 is 1.03 bits per heavy atom. The maximum atomic E-state index is 12.9. The highest BCUT2D eigenvalue weighted by atomic mass is 35.5. The quantitative estimate of drug-likeness (QED) is 0.415. The molecule has 1 heterocycles. The minimum Gasteiger partial charge on any atom is -0.488 e. The smallest absolute Gasteiger partial charge is 0.294 e. The summed E-state index contributed by atoms with van der Waals surface area (Å²) in [6.45, 7) is 1.76. The minimum atomic E-state index is -0.518. The summed E-state index contributed by atoms with van der Waals surface area (Å²) in [4.78, 5) is 39.0. The molecule has 3 aromatic rings. The van der Waals surface area contributed by atoms with E-state index in [2.05, 4.69) is 5.32 Å². The van der Waals surface area contributed by atoms with Crippen molar-refractivity contribution in [3.05, 3.63) is 99.4 Å². The zero-order valence-corrected chi connectivity index (χ0v) is 19.9. The highest BCUT2D eigenvalue weighted by Gasteiger charge is 2.36. The number of benzene rings is 3. The highest BCUT2D eigenvalue weighted by Crippen LogP contribution is 2.34. The number of anilines is 1. The molecule has 1 aliphatic rings. The van der Waals surface area contributed by atoms with Crippen LogP contribution in [0.4, 0.5) is 10.5 Å². The van der Waals surface area contributed by atoms with Crippen LogP contribution in [0.3, 0.4) is 0 Å². The minimum absolute atomic E-state index is 0.225. The Hall–Kier alpha value is -3.55. The second kappa shape index (κ2) is 10.6. The monoisotopic (exact) mass is 492 g/mol. The van der Waals surface area contributed by atoms with Crippen molar-refractivity contribution in [1.29, 1.82) is 0 Å². The number of aryl methyl sites for hydroxylation is 1. The van der Waals surface area contributed by atoms with E-state index in [4.69, 9.17) is 16.3 Å². The van der Waals surface area contributed by atoms with Gasteiger partial charge in [-0.25, -0.2) is 0 Å².